The van der Waals surface area contributed by atoms with E-state index < -0.39 is 6.04 Å². The van der Waals surface area contributed by atoms with Crippen molar-refractivity contribution in [3.63, 3.8) is 0 Å². The molecular formula is C13H21ClN2O2. The lowest BCUT2D eigenvalue weighted by atomic mass is 9.97. The third-order valence-electron chi connectivity index (χ3n) is 2.99. The summed E-state index contributed by atoms with van der Waals surface area (Å²) in [6.45, 7) is 8.05. The van der Waals surface area contributed by atoms with Gasteiger partial charge < -0.3 is 10.2 Å². The molecule has 1 aliphatic rings. The second-order valence-corrected chi connectivity index (χ2v) is 5.52. The molecule has 1 saturated heterocycles. The molecule has 2 unspecified atom stereocenters. The Morgan fingerprint density at radius 1 is 1.50 bits per heavy atom. The van der Waals surface area contributed by atoms with Crippen molar-refractivity contribution < 1.29 is 9.59 Å². The predicted octanol–water partition coefficient (Wildman–Crippen LogP) is 1.89. The first-order valence-corrected chi connectivity index (χ1v) is 6.67. The van der Waals surface area contributed by atoms with Crippen LogP contribution in [0.5, 0.6) is 0 Å². The largest absolute Gasteiger partial charge is 0.343 e. The molecule has 0 aromatic carbocycles. The van der Waals surface area contributed by atoms with Gasteiger partial charge in [0, 0.05) is 12.1 Å². The maximum atomic E-state index is 12.2. The van der Waals surface area contributed by atoms with Gasteiger partial charge in [0.1, 0.15) is 12.1 Å². The summed E-state index contributed by atoms with van der Waals surface area (Å²) in [7, 11) is 0. The van der Waals surface area contributed by atoms with E-state index in [1.54, 1.807) is 11.8 Å². The van der Waals surface area contributed by atoms with Crippen molar-refractivity contribution in [3.05, 3.63) is 11.1 Å². The molecule has 2 amide bonds. The monoisotopic (exact) mass is 272 g/mol. The van der Waals surface area contributed by atoms with Gasteiger partial charge in [-0.2, -0.15) is 0 Å². The van der Waals surface area contributed by atoms with Gasteiger partial charge in [0.05, 0.1) is 0 Å². The number of hydrogen-bond acceptors (Lipinski definition) is 2. The van der Waals surface area contributed by atoms with E-state index in [4.69, 9.17) is 11.6 Å². The molecule has 1 heterocycles. The lowest BCUT2D eigenvalue weighted by Crippen LogP contribution is -2.62. The molecular weight excluding hydrogens is 252 g/mol. The van der Waals surface area contributed by atoms with Crippen LogP contribution in [0.4, 0.5) is 0 Å². The fourth-order valence-electron chi connectivity index (χ4n) is 2.09. The number of halogens is 1. The summed E-state index contributed by atoms with van der Waals surface area (Å²) in [5.41, 5.74) is 2.33. The average molecular weight is 273 g/mol. The van der Waals surface area contributed by atoms with Crippen LogP contribution in [0.2, 0.25) is 0 Å². The molecule has 0 spiro atoms. The molecule has 0 aliphatic carbocycles. The summed E-state index contributed by atoms with van der Waals surface area (Å²) in [5, 5.41) is 2.72. The minimum atomic E-state index is -0.455. The Hall–Kier alpha value is -1.03. The van der Waals surface area contributed by atoms with Gasteiger partial charge in [0.2, 0.25) is 11.8 Å². The Balaban J connectivity index is 2.93. The molecule has 0 radical (unpaired) electrons. The van der Waals surface area contributed by atoms with Gasteiger partial charge in [-0.3, -0.25) is 9.59 Å². The van der Waals surface area contributed by atoms with Gasteiger partial charge in [-0.05, 0) is 31.8 Å². The molecule has 18 heavy (non-hydrogen) atoms. The zero-order valence-corrected chi connectivity index (χ0v) is 12.1. The van der Waals surface area contributed by atoms with Gasteiger partial charge in [-0.15, -0.1) is 0 Å². The lowest BCUT2D eigenvalue weighted by molar-refractivity contribution is -0.148. The summed E-state index contributed by atoms with van der Waals surface area (Å²) >= 11 is 5.64. The van der Waals surface area contributed by atoms with Crippen LogP contribution < -0.4 is 5.32 Å². The number of carbonyl (C=O) groups excluding carboxylic acids is 2. The molecule has 4 nitrogen and oxygen atoms in total. The SMILES string of the molecule is CC(=CCl)CN1C(=O)C(C)NC(=O)C1CC(C)C. The number of nitrogens with one attached hydrogen (secondary N) is 1. The highest BCUT2D eigenvalue weighted by Gasteiger charge is 2.38. The second kappa shape index (κ2) is 6.23. The van der Waals surface area contributed by atoms with Crippen LogP contribution in [-0.4, -0.2) is 35.3 Å². The van der Waals surface area contributed by atoms with Crippen molar-refractivity contribution >= 4 is 23.4 Å². The molecule has 1 aliphatic heterocycles. The Morgan fingerprint density at radius 2 is 2.11 bits per heavy atom. The highest BCUT2D eigenvalue weighted by molar-refractivity contribution is 6.25. The van der Waals surface area contributed by atoms with E-state index in [9.17, 15) is 9.59 Å². The summed E-state index contributed by atoms with van der Waals surface area (Å²) in [4.78, 5) is 25.8. The van der Waals surface area contributed by atoms with Crippen molar-refractivity contribution in [1.82, 2.24) is 10.2 Å². The zero-order valence-electron chi connectivity index (χ0n) is 11.4. The first-order chi connectivity index (χ1) is 8.36. The number of nitrogens with zero attached hydrogens (tertiary/aromatic N) is 1. The van der Waals surface area contributed by atoms with Crippen molar-refractivity contribution in [1.29, 1.82) is 0 Å². The van der Waals surface area contributed by atoms with Gasteiger partial charge in [-0.1, -0.05) is 25.4 Å². The third kappa shape index (κ3) is 3.48. The number of hydrogen-bond donors (Lipinski definition) is 1. The molecule has 1 fully saturated rings. The first-order valence-electron chi connectivity index (χ1n) is 6.23. The van der Waals surface area contributed by atoms with E-state index in [0.717, 1.165) is 5.57 Å². The normalized spacial score (nSPS) is 25.7. The molecule has 1 N–H and O–H groups in total. The van der Waals surface area contributed by atoms with Crippen LogP contribution in [0, 0.1) is 5.92 Å². The zero-order chi connectivity index (χ0) is 13.9. The molecule has 0 bridgehead atoms. The summed E-state index contributed by atoms with van der Waals surface area (Å²) in [6.07, 6.45) is 0.667. The Labute approximate surface area is 113 Å². The van der Waals surface area contributed by atoms with Gasteiger partial charge >= 0.3 is 0 Å². The summed E-state index contributed by atoms with van der Waals surface area (Å²) in [6, 6.07) is -0.843. The molecule has 0 aromatic heterocycles. The van der Waals surface area contributed by atoms with Crippen LogP contribution in [0.1, 0.15) is 34.1 Å². The van der Waals surface area contributed by atoms with Crippen molar-refractivity contribution in [3.8, 4) is 0 Å². The summed E-state index contributed by atoms with van der Waals surface area (Å²) < 4.78 is 0. The molecule has 0 aromatic rings. The van der Waals surface area contributed by atoms with Crippen LogP contribution in [0.25, 0.3) is 0 Å². The number of amides is 2. The fourth-order valence-corrected chi connectivity index (χ4v) is 2.16. The van der Waals surface area contributed by atoms with Crippen LogP contribution in [0.3, 0.4) is 0 Å². The average Bonchev–Trinajstić information content (AvgIpc) is 2.29. The van der Waals surface area contributed by atoms with Crippen molar-refractivity contribution in [2.75, 3.05) is 6.54 Å². The van der Waals surface area contributed by atoms with E-state index in [1.807, 2.05) is 20.8 Å². The number of piperazine rings is 1. The molecule has 2 atom stereocenters. The van der Waals surface area contributed by atoms with Gasteiger partial charge in [-0.25, -0.2) is 0 Å². The molecule has 1 rings (SSSR count). The first kappa shape index (κ1) is 15.0. The smallest absolute Gasteiger partial charge is 0.245 e. The molecule has 5 heteroatoms. The van der Waals surface area contributed by atoms with Crippen molar-refractivity contribution in [2.45, 2.75) is 46.2 Å². The predicted molar refractivity (Wildman–Crippen MR) is 72.2 cm³/mol. The standard InChI is InChI=1S/C13H21ClN2O2/c1-8(2)5-11-12(17)15-10(4)13(18)16(11)7-9(3)6-14/h6,8,10-11H,5,7H2,1-4H3,(H,15,17). The highest BCUT2D eigenvalue weighted by atomic mass is 35.5. The minimum absolute atomic E-state index is 0.0434. The number of rotatable bonds is 4. The lowest BCUT2D eigenvalue weighted by Gasteiger charge is -2.38. The molecule has 102 valence electrons. The second-order valence-electron chi connectivity index (χ2n) is 5.30. The van der Waals surface area contributed by atoms with E-state index in [-0.39, 0.29) is 17.9 Å². The Morgan fingerprint density at radius 3 is 2.61 bits per heavy atom. The summed E-state index contributed by atoms with van der Waals surface area (Å²) in [5.74, 6) is 0.237. The maximum Gasteiger partial charge on any atom is 0.245 e. The fraction of sp³-hybridized carbons (Fsp3) is 0.692. The van der Waals surface area contributed by atoms with E-state index in [0.29, 0.717) is 18.9 Å². The van der Waals surface area contributed by atoms with Gasteiger partial charge in [0.25, 0.3) is 0 Å². The van der Waals surface area contributed by atoms with E-state index in [2.05, 4.69) is 5.32 Å². The van der Waals surface area contributed by atoms with Gasteiger partial charge in [0.15, 0.2) is 0 Å². The molecule has 0 saturated carbocycles. The van der Waals surface area contributed by atoms with Crippen LogP contribution >= 0.6 is 11.6 Å². The topological polar surface area (TPSA) is 49.4 Å². The Kier molecular flexibility index (Phi) is 5.20. The van der Waals surface area contributed by atoms with E-state index in [1.165, 1.54) is 5.54 Å². The maximum absolute atomic E-state index is 12.2. The minimum Gasteiger partial charge on any atom is -0.343 e. The highest BCUT2D eigenvalue weighted by Crippen LogP contribution is 2.19. The van der Waals surface area contributed by atoms with Crippen molar-refractivity contribution in [2.24, 2.45) is 5.92 Å². The Bertz CT molecular complexity index is 366. The third-order valence-corrected chi connectivity index (χ3v) is 3.36. The number of carbonyl (C=O) groups is 2. The van der Waals surface area contributed by atoms with E-state index >= 15 is 0 Å². The van der Waals surface area contributed by atoms with Crippen LogP contribution in [-0.2, 0) is 9.59 Å². The van der Waals surface area contributed by atoms with Crippen LogP contribution in [0.15, 0.2) is 11.1 Å². The quantitative estimate of drug-likeness (QED) is 0.850.